The Morgan fingerprint density at radius 2 is 1.70 bits per heavy atom. The van der Waals surface area contributed by atoms with Crippen LogP contribution in [0.4, 0.5) is 0 Å². The number of ketones is 1. The maximum absolute atomic E-state index is 12.5. The fourth-order valence-corrected chi connectivity index (χ4v) is 2.79. The zero-order valence-electron chi connectivity index (χ0n) is 17.4. The highest BCUT2D eigenvalue weighted by molar-refractivity contribution is 6.07. The Hall–Kier alpha value is -3.60. The van der Waals surface area contributed by atoms with Gasteiger partial charge in [0, 0.05) is 11.8 Å². The molecule has 0 radical (unpaired) electrons. The number of phenols is 1. The molecular formula is C25H27NO4. The number of carbonyl (C=O) groups is 1. The molecule has 0 saturated carbocycles. The van der Waals surface area contributed by atoms with Gasteiger partial charge in [0.1, 0.15) is 17.1 Å². The Labute approximate surface area is 176 Å². The molecule has 30 heavy (non-hydrogen) atoms. The number of aromatic nitrogens is 1. The van der Waals surface area contributed by atoms with Gasteiger partial charge in [0.15, 0.2) is 5.78 Å². The van der Waals surface area contributed by atoms with E-state index in [1.54, 1.807) is 24.3 Å². The average Bonchev–Trinajstić information content (AvgIpc) is 2.71. The maximum atomic E-state index is 12.5. The van der Waals surface area contributed by atoms with Gasteiger partial charge in [0.25, 0.3) is 5.56 Å². The van der Waals surface area contributed by atoms with Crippen molar-refractivity contribution in [1.82, 2.24) is 4.98 Å². The summed E-state index contributed by atoms with van der Waals surface area (Å²) in [7, 11) is 0. The van der Waals surface area contributed by atoms with E-state index in [0.29, 0.717) is 17.0 Å². The Bertz CT molecular complexity index is 1050. The van der Waals surface area contributed by atoms with E-state index in [9.17, 15) is 19.8 Å². The summed E-state index contributed by atoms with van der Waals surface area (Å²) in [6.07, 6.45) is 14.7. The first kappa shape index (κ1) is 22.7. The predicted molar refractivity (Wildman–Crippen MR) is 121 cm³/mol. The first-order valence-electron chi connectivity index (χ1n) is 9.81. The molecule has 3 N–H and O–H groups in total. The Balaban J connectivity index is 2.15. The molecule has 0 saturated heterocycles. The molecule has 5 heteroatoms. The fourth-order valence-electron chi connectivity index (χ4n) is 2.79. The van der Waals surface area contributed by atoms with Gasteiger partial charge in [-0.2, -0.15) is 0 Å². The van der Waals surface area contributed by atoms with Crippen molar-refractivity contribution in [2.75, 3.05) is 0 Å². The van der Waals surface area contributed by atoms with Crippen LogP contribution in [-0.4, -0.2) is 21.0 Å². The highest BCUT2D eigenvalue weighted by Crippen LogP contribution is 2.31. The first-order valence-corrected chi connectivity index (χ1v) is 9.81. The number of hydrogen-bond donors (Lipinski definition) is 3. The summed E-state index contributed by atoms with van der Waals surface area (Å²) in [6.45, 7) is 6.34. The van der Waals surface area contributed by atoms with Crippen molar-refractivity contribution in [3.8, 4) is 22.6 Å². The normalized spacial score (nSPS) is 13.5. The van der Waals surface area contributed by atoms with Gasteiger partial charge < -0.3 is 15.2 Å². The number of aromatic amines is 1. The summed E-state index contributed by atoms with van der Waals surface area (Å²) in [6, 6.07) is 6.08. The zero-order valence-corrected chi connectivity index (χ0v) is 17.4. The monoisotopic (exact) mass is 405 g/mol. The highest BCUT2D eigenvalue weighted by Gasteiger charge is 2.18. The van der Waals surface area contributed by atoms with Crippen molar-refractivity contribution in [1.29, 1.82) is 0 Å². The van der Waals surface area contributed by atoms with Crippen LogP contribution in [-0.2, 0) is 0 Å². The molecule has 156 valence electrons. The largest absolute Gasteiger partial charge is 0.508 e. The van der Waals surface area contributed by atoms with Gasteiger partial charge in [-0.3, -0.25) is 9.59 Å². The molecule has 0 aliphatic carbocycles. The van der Waals surface area contributed by atoms with Crippen molar-refractivity contribution < 1.29 is 15.0 Å². The van der Waals surface area contributed by atoms with Crippen molar-refractivity contribution in [3.63, 3.8) is 0 Å². The smallest absolute Gasteiger partial charge is 0.263 e. The molecule has 1 aromatic carbocycles. The summed E-state index contributed by atoms with van der Waals surface area (Å²) < 4.78 is 0. The van der Waals surface area contributed by atoms with Gasteiger partial charge in [0.05, 0.1) is 0 Å². The number of hydrogen-bond acceptors (Lipinski definition) is 4. The Kier molecular flexibility index (Phi) is 8.18. The second-order valence-corrected chi connectivity index (χ2v) is 7.07. The SMILES string of the molecule is CC[C@H](C)/C=C(C)/C=C/C=C/C=C/C(=O)c1c(O)c(-c2ccc(O)cc2)c[nH]c1=O. The number of rotatable bonds is 8. The minimum absolute atomic E-state index is 0.0771. The minimum Gasteiger partial charge on any atom is -0.508 e. The summed E-state index contributed by atoms with van der Waals surface area (Å²) in [4.78, 5) is 27.0. The molecule has 0 fully saturated rings. The molecule has 1 aromatic heterocycles. The van der Waals surface area contributed by atoms with Gasteiger partial charge in [-0.15, -0.1) is 0 Å². The van der Waals surface area contributed by atoms with Crippen LogP contribution in [0.25, 0.3) is 11.1 Å². The van der Waals surface area contributed by atoms with Crippen LogP contribution in [0.15, 0.2) is 83.4 Å². The number of carbonyl (C=O) groups excluding carboxylic acids is 1. The topological polar surface area (TPSA) is 90.4 Å². The third kappa shape index (κ3) is 6.21. The van der Waals surface area contributed by atoms with E-state index in [2.05, 4.69) is 24.9 Å². The van der Waals surface area contributed by atoms with Gasteiger partial charge in [-0.1, -0.05) is 74.4 Å². The van der Waals surface area contributed by atoms with Crippen LogP contribution in [0.3, 0.4) is 0 Å². The number of benzene rings is 1. The molecule has 0 amide bonds. The van der Waals surface area contributed by atoms with Crippen LogP contribution >= 0.6 is 0 Å². The number of phenolic OH excluding ortho intramolecular Hbond substituents is 1. The quantitative estimate of drug-likeness (QED) is 0.316. The van der Waals surface area contributed by atoms with E-state index in [1.807, 2.05) is 19.1 Å². The zero-order chi connectivity index (χ0) is 22.1. The van der Waals surface area contributed by atoms with Crippen molar-refractivity contribution in [2.24, 2.45) is 5.92 Å². The third-order valence-electron chi connectivity index (χ3n) is 4.62. The molecule has 2 rings (SSSR count). The lowest BCUT2D eigenvalue weighted by molar-refractivity contribution is 0.104. The minimum atomic E-state index is -0.667. The summed E-state index contributed by atoms with van der Waals surface area (Å²) >= 11 is 0. The first-order chi connectivity index (χ1) is 14.3. The van der Waals surface area contributed by atoms with Crippen LogP contribution in [0, 0.1) is 5.92 Å². The van der Waals surface area contributed by atoms with Gasteiger partial charge in [0.2, 0.25) is 0 Å². The number of H-pyrrole nitrogens is 1. The van der Waals surface area contributed by atoms with Crippen LogP contribution < -0.4 is 5.56 Å². The van der Waals surface area contributed by atoms with Gasteiger partial charge >= 0.3 is 0 Å². The van der Waals surface area contributed by atoms with E-state index in [-0.39, 0.29) is 11.3 Å². The number of aromatic hydroxyl groups is 2. The molecule has 0 aliphatic rings. The summed E-state index contributed by atoms with van der Waals surface area (Å²) in [5.41, 5.74) is 1.03. The van der Waals surface area contributed by atoms with Crippen molar-refractivity contribution in [2.45, 2.75) is 27.2 Å². The Morgan fingerprint density at radius 3 is 2.33 bits per heavy atom. The predicted octanol–water partition coefficient (Wildman–Crippen LogP) is 5.30. The lowest BCUT2D eigenvalue weighted by Gasteiger charge is -2.07. The lowest BCUT2D eigenvalue weighted by Crippen LogP contribution is -2.16. The van der Waals surface area contributed by atoms with Crippen molar-refractivity contribution in [3.05, 3.63) is 94.5 Å². The average molecular weight is 405 g/mol. The van der Waals surface area contributed by atoms with Crippen LogP contribution in [0.1, 0.15) is 37.6 Å². The van der Waals surface area contributed by atoms with E-state index in [1.165, 1.54) is 30.5 Å². The number of allylic oxidation sites excluding steroid dienone is 8. The molecule has 1 heterocycles. The molecule has 0 bridgehead atoms. The highest BCUT2D eigenvalue weighted by atomic mass is 16.3. The molecule has 5 nitrogen and oxygen atoms in total. The molecule has 2 aromatic rings. The number of pyridine rings is 1. The molecular weight excluding hydrogens is 378 g/mol. The van der Waals surface area contributed by atoms with E-state index in [0.717, 1.165) is 12.0 Å². The Morgan fingerprint density at radius 1 is 1.07 bits per heavy atom. The number of nitrogens with one attached hydrogen (secondary N) is 1. The van der Waals surface area contributed by atoms with Crippen LogP contribution in [0.5, 0.6) is 11.5 Å². The maximum Gasteiger partial charge on any atom is 0.263 e. The van der Waals surface area contributed by atoms with Gasteiger partial charge in [-0.05, 0) is 36.6 Å². The summed E-state index contributed by atoms with van der Waals surface area (Å²) in [5.74, 6) is -0.392. The van der Waals surface area contributed by atoms with Crippen LogP contribution in [0.2, 0.25) is 0 Å². The standard InChI is InChI=1S/C25H27NO4/c1-4-17(2)15-18(3)9-7-5-6-8-10-22(28)23-24(29)21(16-26-25(23)30)19-11-13-20(27)14-12-19/h5-17,27H,4H2,1-3H3,(H2,26,29,30)/b6-5+,9-7+,10-8+,18-15+/t17-/m0/s1. The molecule has 0 spiro atoms. The fraction of sp³-hybridized carbons (Fsp3) is 0.200. The second-order valence-electron chi connectivity index (χ2n) is 7.07. The molecule has 0 aliphatic heterocycles. The van der Waals surface area contributed by atoms with E-state index >= 15 is 0 Å². The van der Waals surface area contributed by atoms with E-state index in [4.69, 9.17) is 0 Å². The third-order valence-corrected chi connectivity index (χ3v) is 4.62. The van der Waals surface area contributed by atoms with E-state index < -0.39 is 17.1 Å². The molecule has 0 unspecified atom stereocenters. The molecule has 1 atom stereocenters. The lowest BCUT2D eigenvalue weighted by atomic mass is 10.0. The van der Waals surface area contributed by atoms with Gasteiger partial charge in [-0.25, -0.2) is 0 Å². The second kappa shape index (κ2) is 10.8. The van der Waals surface area contributed by atoms with Crippen molar-refractivity contribution >= 4 is 5.78 Å². The summed E-state index contributed by atoms with van der Waals surface area (Å²) in [5, 5.41) is 19.9.